The average molecular weight is 360 g/mol. The summed E-state index contributed by atoms with van der Waals surface area (Å²) < 4.78 is 0.824. The Bertz CT molecular complexity index is 1180. The maximum Gasteiger partial charge on any atom is 0.138 e. The highest BCUT2D eigenvalue weighted by Gasteiger charge is 2.16. The topological polar surface area (TPSA) is 95.2 Å². The van der Waals surface area contributed by atoms with Gasteiger partial charge in [-0.25, -0.2) is 0 Å². The highest BCUT2D eigenvalue weighted by atomic mass is 32.1. The summed E-state index contributed by atoms with van der Waals surface area (Å²) >= 11 is 6.12. The minimum Gasteiger partial charge on any atom is -0.192 e. The van der Waals surface area contributed by atoms with Crippen LogP contribution in [0.3, 0.4) is 0 Å². The molecule has 0 amide bonds. The van der Waals surface area contributed by atoms with Gasteiger partial charge in [0.05, 0.1) is 0 Å². The number of benzene rings is 1. The Kier molecular flexibility index (Phi) is 5.31. The quantitative estimate of drug-likeness (QED) is 0.789. The fourth-order valence-electron chi connectivity index (χ4n) is 2.61. The number of fused-ring (bicyclic) bond motifs is 1. The van der Waals surface area contributed by atoms with E-state index >= 15 is 0 Å². The third-order valence-electron chi connectivity index (χ3n) is 3.49. The minimum atomic E-state index is -0.147. The summed E-state index contributed by atoms with van der Waals surface area (Å²) in [6, 6.07) is 9.42. The van der Waals surface area contributed by atoms with Crippen molar-refractivity contribution >= 4 is 51.3 Å². The number of thiol groups is 1. The molecule has 1 heterocycles. The molecule has 0 unspecified atom stereocenters. The van der Waals surface area contributed by atoms with Gasteiger partial charge in [0, 0.05) is 30.3 Å². The lowest BCUT2D eigenvalue weighted by molar-refractivity contribution is 1.36. The van der Waals surface area contributed by atoms with E-state index in [0.717, 1.165) is 15.2 Å². The molecule has 120 valence electrons. The van der Waals surface area contributed by atoms with Crippen molar-refractivity contribution in [3.8, 4) is 24.3 Å². The second kappa shape index (κ2) is 7.25. The number of thiophene rings is 1. The molecule has 6 heteroatoms. The van der Waals surface area contributed by atoms with Crippen molar-refractivity contribution in [1.82, 2.24) is 0 Å². The van der Waals surface area contributed by atoms with Crippen LogP contribution < -0.4 is 10.4 Å². The van der Waals surface area contributed by atoms with Crippen LogP contribution in [0.15, 0.2) is 16.5 Å². The lowest BCUT2D eigenvalue weighted by atomic mass is 9.98. The molecule has 0 spiro atoms. The van der Waals surface area contributed by atoms with Crippen LogP contribution in [0.25, 0.3) is 27.3 Å². The number of aryl methyl sites for hydroxylation is 1. The molecule has 0 atom stereocenters. The fraction of sp³-hybridized carbons (Fsp3) is 0.158. The van der Waals surface area contributed by atoms with Crippen LogP contribution in [-0.2, 0) is 0 Å². The number of rotatable bonds is 1. The summed E-state index contributed by atoms with van der Waals surface area (Å²) in [7, 11) is 0. The summed E-state index contributed by atoms with van der Waals surface area (Å²) in [5.74, 6) is 0. The van der Waals surface area contributed by atoms with E-state index in [9.17, 15) is 21.0 Å². The molecule has 25 heavy (non-hydrogen) atoms. The van der Waals surface area contributed by atoms with Gasteiger partial charge in [-0.05, 0) is 32.4 Å². The van der Waals surface area contributed by atoms with E-state index in [1.807, 2.05) is 57.2 Å². The van der Waals surface area contributed by atoms with Crippen molar-refractivity contribution < 1.29 is 0 Å². The fourth-order valence-corrected chi connectivity index (χ4v) is 4.02. The summed E-state index contributed by atoms with van der Waals surface area (Å²) in [4.78, 5) is 1.61. The van der Waals surface area contributed by atoms with Crippen molar-refractivity contribution in [3.63, 3.8) is 0 Å². The number of nitrogens with zero attached hydrogens (tertiary/aromatic N) is 4. The first-order chi connectivity index (χ1) is 11.9. The third-order valence-corrected chi connectivity index (χ3v) is 5.18. The zero-order valence-corrected chi connectivity index (χ0v) is 15.5. The molecule has 0 radical (unpaired) electrons. The van der Waals surface area contributed by atoms with E-state index < -0.39 is 0 Å². The normalized spacial score (nSPS) is 9.44. The van der Waals surface area contributed by atoms with Crippen LogP contribution in [0.2, 0.25) is 0 Å². The zero-order valence-electron chi connectivity index (χ0n) is 13.8. The monoisotopic (exact) mass is 360 g/mol. The van der Waals surface area contributed by atoms with E-state index in [-0.39, 0.29) is 11.1 Å². The van der Waals surface area contributed by atoms with E-state index in [0.29, 0.717) is 26.3 Å². The molecule has 0 aliphatic heterocycles. The Morgan fingerprint density at radius 2 is 1.52 bits per heavy atom. The highest BCUT2D eigenvalue weighted by molar-refractivity contribution is 7.80. The highest BCUT2D eigenvalue weighted by Crippen LogP contribution is 2.30. The van der Waals surface area contributed by atoms with E-state index in [4.69, 9.17) is 0 Å². The van der Waals surface area contributed by atoms with Gasteiger partial charge in [0.1, 0.15) is 35.4 Å². The van der Waals surface area contributed by atoms with E-state index in [2.05, 4.69) is 12.6 Å². The van der Waals surface area contributed by atoms with Gasteiger partial charge in [0.15, 0.2) is 0 Å². The Morgan fingerprint density at radius 1 is 1.00 bits per heavy atom. The summed E-state index contributed by atoms with van der Waals surface area (Å²) in [5.41, 5.74) is 1.25. The van der Waals surface area contributed by atoms with Crippen molar-refractivity contribution in [2.75, 3.05) is 0 Å². The smallest absolute Gasteiger partial charge is 0.138 e. The van der Waals surface area contributed by atoms with Gasteiger partial charge in [-0.15, -0.1) is 24.0 Å². The molecule has 0 aliphatic rings. The van der Waals surface area contributed by atoms with Crippen LogP contribution in [0.1, 0.15) is 24.3 Å². The largest absolute Gasteiger partial charge is 0.192 e. The lowest BCUT2D eigenvalue weighted by Crippen LogP contribution is -2.32. The molecule has 4 nitrogen and oxygen atoms in total. The van der Waals surface area contributed by atoms with Crippen LogP contribution in [-0.4, -0.2) is 0 Å². The Balaban J connectivity index is 3.54. The molecular weight excluding hydrogens is 348 g/mol. The molecule has 0 bridgehead atoms. The van der Waals surface area contributed by atoms with Crippen LogP contribution in [0.4, 0.5) is 0 Å². The second-order valence-electron chi connectivity index (χ2n) is 5.53. The standard InChI is InChI=1S/C19H12N4S2/c1-10(2)4-14-16(12(6-20)7-21)17(13(8-22)9-23)15-5-11(3)25-19(15)18(14)24/h4-5,24H,1-3H3. The van der Waals surface area contributed by atoms with Crippen molar-refractivity contribution in [2.45, 2.75) is 25.7 Å². The zero-order chi connectivity index (χ0) is 18.7. The summed E-state index contributed by atoms with van der Waals surface area (Å²) in [5, 5.41) is 39.0. The van der Waals surface area contributed by atoms with Crippen LogP contribution in [0, 0.1) is 52.2 Å². The van der Waals surface area contributed by atoms with Gasteiger partial charge < -0.3 is 0 Å². The third kappa shape index (κ3) is 3.15. The average Bonchev–Trinajstić information content (AvgIpc) is 2.96. The maximum atomic E-state index is 9.43. The molecule has 0 fully saturated rings. The minimum absolute atomic E-state index is 0.127. The summed E-state index contributed by atoms with van der Waals surface area (Å²) in [6.07, 6.45) is 1.82. The van der Waals surface area contributed by atoms with Crippen LogP contribution in [0.5, 0.6) is 0 Å². The summed E-state index contributed by atoms with van der Waals surface area (Å²) in [6.45, 7) is 5.69. The van der Waals surface area contributed by atoms with Gasteiger partial charge >= 0.3 is 0 Å². The second-order valence-corrected chi connectivity index (χ2v) is 7.23. The molecule has 0 N–H and O–H groups in total. The first kappa shape index (κ1) is 18.3. The van der Waals surface area contributed by atoms with Crippen molar-refractivity contribution in [3.05, 3.63) is 32.5 Å². The van der Waals surface area contributed by atoms with Gasteiger partial charge in [0.25, 0.3) is 0 Å². The Labute approximate surface area is 154 Å². The molecular formula is C19H12N4S2. The van der Waals surface area contributed by atoms with Gasteiger partial charge in [0.2, 0.25) is 0 Å². The predicted octanol–water partition coefficient (Wildman–Crippen LogP) is 3.32. The van der Waals surface area contributed by atoms with Crippen LogP contribution >= 0.6 is 24.0 Å². The molecule has 0 saturated carbocycles. The first-order valence-electron chi connectivity index (χ1n) is 7.18. The molecule has 1 aromatic carbocycles. The van der Waals surface area contributed by atoms with E-state index in [1.54, 1.807) is 0 Å². The van der Waals surface area contributed by atoms with Gasteiger partial charge in [-0.2, -0.15) is 21.0 Å². The SMILES string of the molecule is CC(C)=Cc1c(S)c2sc(C)cc2c(=C(C#N)C#N)c1=C(C#N)C#N. The number of hydrogen-bond acceptors (Lipinski definition) is 6. The van der Waals surface area contributed by atoms with Gasteiger partial charge in [-0.3, -0.25) is 0 Å². The Hall–Kier alpha value is -3.03. The van der Waals surface area contributed by atoms with Crippen molar-refractivity contribution in [1.29, 1.82) is 21.0 Å². The molecule has 0 aliphatic carbocycles. The number of allylic oxidation sites excluding steroid dienone is 1. The van der Waals surface area contributed by atoms with Gasteiger partial charge in [-0.1, -0.05) is 11.6 Å². The first-order valence-corrected chi connectivity index (χ1v) is 8.44. The van der Waals surface area contributed by atoms with Crippen molar-refractivity contribution in [2.24, 2.45) is 0 Å². The number of nitriles is 4. The Morgan fingerprint density at radius 3 is 2.00 bits per heavy atom. The maximum absolute atomic E-state index is 9.43. The molecule has 2 aromatic rings. The molecule has 1 aromatic heterocycles. The molecule has 2 rings (SSSR count). The van der Waals surface area contributed by atoms with E-state index in [1.165, 1.54) is 11.3 Å². The number of hydrogen-bond donors (Lipinski definition) is 1. The lowest BCUT2D eigenvalue weighted by Gasteiger charge is -2.07. The molecule has 0 saturated heterocycles. The predicted molar refractivity (Wildman–Crippen MR) is 102 cm³/mol.